The highest BCUT2D eigenvalue weighted by atomic mass is 79.9. The van der Waals surface area contributed by atoms with Gasteiger partial charge in [0, 0.05) is 14.0 Å². The number of fused-ring (bicyclic) bond motifs is 1. The maximum absolute atomic E-state index is 4.52. The average Bonchev–Trinajstić information content (AvgIpc) is 3.00. The van der Waals surface area contributed by atoms with Crippen LogP contribution < -0.4 is 0 Å². The Hall–Kier alpha value is -2.16. The molecule has 28 heavy (non-hydrogen) atoms. The molecular weight excluding hydrogens is 424 g/mol. The minimum Gasteiger partial charge on any atom is -0.135 e. The van der Waals surface area contributed by atoms with Crippen LogP contribution in [-0.4, -0.2) is 0 Å². The van der Waals surface area contributed by atoms with Crippen molar-refractivity contribution >= 4 is 42.9 Å². The van der Waals surface area contributed by atoms with Crippen LogP contribution in [0.5, 0.6) is 0 Å². The van der Waals surface area contributed by atoms with Crippen LogP contribution in [0, 0.1) is 20.8 Å². The molecule has 0 unspecified atom stereocenters. The molecule has 0 aliphatic rings. The van der Waals surface area contributed by atoms with E-state index in [0.717, 1.165) is 16.5 Å². The van der Waals surface area contributed by atoms with Gasteiger partial charge in [-0.15, -0.1) is 11.3 Å². The van der Waals surface area contributed by atoms with Gasteiger partial charge in [-0.3, -0.25) is 0 Å². The molecule has 0 nitrogen and oxygen atoms in total. The lowest BCUT2D eigenvalue weighted by Crippen LogP contribution is -1.95. The largest absolute Gasteiger partial charge is 0.135 e. The van der Waals surface area contributed by atoms with Crippen LogP contribution in [0.3, 0.4) is 0 Å². The number of rotatable bonds is 4. The Morgan fingerprint density at radius 1 is 0.893 bits per heavy atom. The van der Waals surface area contributed by atoms with Gasteiger partial charge < -0.3 is 0 Å². The summed E-state index contributed by atoms with van der Waals surface area (Å²) in [5.41, 5.74) is 8.94. The number of halogens is 1. The molecular formula is C26H23BrS. The lowest BCUT2D eigenvalue weighted by atomic mass is 9.94. The molecule has 0 radical (unpaired) electrons. The zero-order valence-corrected chi connectivity index (χ0v) is 18.9. The Bertz CT molecular complexity index is 1180. The van der Waals surface area contributed by atoms with Crippen LogP contribution in [-0.2, 0) is 6.42 Å². The maximum Gasteiger partial charge on any atom is 0.0390 e. The second kappa shape index (κ2) is 7.69. The molecule has 0 fully saturated rings. The molecule has 4 aromatic rings. The van der Waals surface area contributed by atoms with Crippen molar-refractivity contribution < 1.29 is 0 Å². The number of hydrogen-bond donors (Lipinski definition) is 0. The Morgan fingerprint density at radius 2 is 1.57 bits per heavy atom. The summed E-state index contributed by atoms with van der Waals surface area (Å²) < 4.78 is 2.45. The molecule has 0 aliphatic heterocycles. The van der Waals surface area contributed by atoms with E-state index in [2.05, 4.69) is 104 Å². The van der Waals surface area contributed by atoms with Gasteiger partial charge in [0.1, 0.15) is 0 Å². The predicted octanol–water partition coefficient (Wildman–Crippen LogP) is 8.24. The summed E-state index contributed by atoms with van der Waals surface area (Å²) in [6, 6.07) is 22.1. The highest BCUT2D eigenvalue weighted by Crippen LogP contribution is 2.40. The average molecular weight is 447 g/mol. The topological polar surface area (TPSA) is 0 Å². The molecule has 3 aromatic carbocycles. The van der Waals surface area contributed by atoms with Gasteiger partial charge in [0.25, 0.3) is 0 Å². The van der Waals surface area contributed by atoms with Crippen molar-refractivity contribution in [1.29, 1.82) is 0 Å². The summed E-state index contributed by atoms with van der Waals surface area (Å²) in [7, 11) is 0. The molecule has 0 saturated carbocycles. The van der Waals surface area contributed by atoms with Crippen molar-refractivity contribution in [3.05, 3.63) is 110 Å². The molecule has 0 bridgehead atoms. The highest BCUT2D eigenvalue weighted by molar-refractivity contribution is 9.10. The van der Waals surface area contributed by atoms with Gasteiger partial charge in [-0.2, -0.15) is 0 Å². The van der Waals surface area contributed by atoms with Crippen molar-refractivity contribution in [3.8, 4) is 0 Å². The first kappa shape index (κ1) is 19.2. The number of aryl methyl sites for hydroxylation is 3. The maximum atomic E-state index is 4.52. The SMILES string of the molecule is C=C(c1ccc(C)cc1C)c1sc2cc(C)ccc2c1Cc1ccc(Br)cc1. The smallest absolute Gasteiger partial charge is 0.0390 e. The van der Waals surface area contributed by atoms with Crippen molar-refractivity contribution in [1.82, 2.24) is 0 Å². The highest BCUT2D eigenvalue weighted by Gasteiger charge is 2.17. The van der Waals surface area contributed by atoms with Crippen molar-refractivity contribution in [2.75, 3.05) is 0 Å². The van der Waals surface area contributed by atoms with E-state index in [1.165, 1.54) is 48.3 Å². The van der Waals surface area contributed by atoms with E-state index in [9.17, 15) is 0 Å². The fraction of sp³-hybridized carbons (Fsp3) is 0.154. The van der Waals surface area contributed by atoms with Crippen molar-refractivity contribution in [2.24, 2.45) is 0 Å². The molecule has 0 atom stereocenters. The standard InChI is InChI=1S/C26H23BrS/c1-16-5-11-22(18(3)13-16)19(4)26-24(15-20-7-9-21(27)10-8-20)23-12-6-17(2)14-25(23)28-26/h5-14H,4,15H2,1-3H3. The Kier molecular flexibility index (Phi) is 5.27. The van der Waals surface area contributed by atoms with Gasteiger partial charge in [0.05, 0.1) is 0 Å². The normalized spacial score (nSPS) is 11.1. The van der Waals surface area contributed by atoms with Gasteiger partial charge in [0.15, 0.2) is 0 Å². The fourth-order valence-electron chi connectivity index (χ4n) is 3.76. The minimum absolute atomic E-state index is 0.912. The first-order chi connectivity index (χ1) is 13.4. The van der Waals surface area contributed by atoms with E-state index in [1.807, 2.05) is 11.3 Å². The van der Waals surface area contributed by atoms with Crippen molar-refractivity contribution in [2.45, 2.75) is 27.2 Å². The molecule has 0 saturated heterocycles. The zero-order chi connectivity index (χ0) is 19.8. The van der Waals surface area contributed by atoms with Gasteiger partial charge in [0.2, 0.25) is 0 Å². The summed E-state index contributed by atoms with van der Waals surface area (Å²) in [6.07, 6.45) is 0.912. The molecule has 4 rings (SSSR count). The number of benzene rings is 3. The van der Waals surface area contributed by atoms with Gasteiger partial charge in [-0.25, -0.2) is 0 Å². The molecule has 1 heterocycles. The summed E-state index contributed by atoms with van der Waals surface area (Å²) in [5, 5.41) is 1.35. The third-order valence-corrected chi connectivity index (χ3v) is 7.01. The lowest BCUT2D eigenvalue weighted by molar-refractivity contribution is 1.21. The Balaban J connectivity index is 1.86. The van der Waals surface area contributed by atoms with Crippen LogP contribution in [0.1, 0.15) is 38.3 Å². The summed E-state index contributed by atoms with van der Waals surface area (Å²) in [4.78, 5) is 1.30. The Morgan fingerprint density at radius 3 is 2.29 bits per heavy atom. The summed E-state index contributed by atoms with van der Waals surface area (Å²) >= 11 is 5.41. The van der Waals surface area contributed by atoms with E-state index < -0.39 is 0 Å². The molecule has 0 spiro atoms. The molecule has 1 aromatic heterocycles. The van der Waals surface area contributed by atoms with E-state index in [1.54, 1.807) is 0 Å². The molecule has 2 heteroatoms. The molecule has 140 valence electrons. The van der Waals surface area contributed by atoms with Crippen LogP contribution >= 0.6 is 27.3 Å². The monoisotopic (exact) mass is 446 g/mol. The molecule has 0 amide bonds. The molecule has 0 N–H and O–H groups in total. The molecule has 0 aliphatic carbocycles. The van der Waals surface area contributed by atoms with E-state index in [-0.39, 0.29) is 0 Å². The van der Waals surface area contributed by atoms with Crippen molar-refractivity contribution in [3.63, 3.8) is 0 Å². The third-order valence-electron chi connectivity index (χ3n) is 5.22. The second-order valence-electron chi connectivity index (χ2n) is 7.51. The van der Waals surface area contributed by atoms with Crippen LogP contribution in [0.2, 0.25) is 0 Å². The first-order valence-corrected chi connectivity index (χ1v) is 11.1. The number of hydrogen-bond acceptors (Lipinski definition) is 1. The summed E-state index contributed by atoms with van der Waals surface area (Å²) in [5.74, 6) is 0. The van der Waals surface area contributed by atoms with Gasteiger partial charge in [-0.1, -0.05) is 70.5 Å². The second-order valence-corrected chi connectivity index (χ2v) is 9.48. The minimum atomic E-state index is 0.912. The van der Waals surface area contributed by atoms with Gasteiger partial charge >= 0.3 is 0 Å². The van der Waals surface area contributed by atoms with Crippen LogP contribution in [0.4, 0.5) is 0 Å². The van der Waals surface area contributed by atoms with E-state index in [0.29, 0.717) is 0 Å². The predicted molar refractivity (Wildman–Crippen MR) is 128 cm³/mol. The first-order valence-electron chi connectivity index (χ1n) is 9.46. The summed E-state index contributed by atoms with van der Waals surface area (Å²) in [6.45, 7) is 11.0. The Labute approximate surface area is 179 Å². The lowest BCUT2D eigenvalue weighted by Gasteiger charge is -2.12. The van der Waals surface area contributed by atoms with Gasteiger partial charge in [-0.05, 0) is 84.2 Å². The fourth-order valence-corrected chi connectivity index (χ4v) is 5.33. The van der Waals surface area contributed by atoms with E-state index in [4.69, 9.17) is 0 Å². The number of thiophene rings is 1. The van der Waals surface area contributed by atoms with Crippen LogP contribution in [0.15, 0.2) is 71.7 Å². The van der Waals surface area contributed by atoms with E-state index >= 15 is 0 Å². The zero-order valence-electron chi connectivity index (χ0n) is 16.5. The third kappa shape index (κ3) is 3.72. The quantitative estimate of drug-likeness (QED) is 0.296. The van der Waals surface area contributed by atoms with Crippen LogP contribution in [0.25, 0.3) is 15.7 Å².